The van der Waals surface area contributed by atoms with Gasteiger partial charge in [-0.15, -0.1) is 0 Å². The summed E-state index contributed by atoms with van der Waals surface area (Å²) in [7, 11) is 0. The number of alkyl carbamates (subject to hydrolysis) is 1. The maximum atomic E-state index is 13.7. The van der Waals surface area contributed by atoms with Crippen molar-refractivity contribution in [3.05, 3.63) is 65.2 Å². The summed E-state index contributed by atoms with van der Waals surface area (Å²) in [4.78, 5) is 41.0. The molecule has 0 radical (unpaired) electrons. The topological polar surface area (TPSA) is 108 Å². The zero-order valence-corrected chi connectivity index (χ0v) is 21.6. The fourth-order valence-corrected chi connectivity index (χ4v) is 3.69. The van der Waals surface area contributed by atoms with Gasteiger partial charge in [0.1, 0.15) is 17.7 Å². The van der Waals surface area contributed by atoms with Crippen LogP contribution in [0.25, 0.3) is 0 Å². The van der Waals surface area contributed by atoms with Crippen LogP contribution in [0.3, 0.4) is 0 Å². The van der Waals surface area contributed by atoms with Gasteiger partial charge in [-0.2, -0.15) is 0 Å². The van der Waals surface area contributed by atoms with Crippen LogP contribution in [0.2, 0.25) is 0 Å². The maximum absolute atomic E-state index is 13.7. The SMILES string of the molecule is Cc1cccc(C(C(=O)Nc2ccccc2C)N(C(=O)C(CO)NC(=O)OC(C)(C)C)C(C)C)c1. The lowest BCUT2D eigenvalue weighted by atomic mass is 9.99. The second-order valence-corrected chi connectivity index (χ2v) is 9.84. The maximum Gasteiger partial charge on any atom is 0.408 e. The van der Waals surface area contributed by atoms with E-state index in [0.717, 1.165) is 11.1 Å². The highest BCUT2D eigenvalue weighted by Gasteiger charge is 2.37. The van der Waals surface area contributed by atoms with Gasteiger partial charge in [0.15, 0.2) is 0 Å². The molecular formula is C27H37N3O5. The Morgan fingerprint density at radius 3 is 2.23 bits per heavy atom. The predicted octanol–water partition coefficient (Wildman–Crippen LogP) is 4.11. The molecule has 0 bridgehead atoms. The smallest absolute Gasteiger partial charge is 0.408 e. The van der Waals surface area contributed by atoms with Crippen molar-refractivity contribution in [1.82, 2.24) is 10.2 Å². The number of nitrogens with zero attached hydrogens (tertiary/aromatic N) is 1. The van der Waals surface area contributed by atoms with E-state index in [0.29, 0.717) is 11.3 Å². The molecule has 2 aromatic carbocycles. The number of rotatable bonds is 8. The van der Waals surface area contributed by atoms with Crippen molar-refractivity contribution < 1.29 is 24.2 Å². The number of para-hydroxylation sites is 1. The zero-order valence-electron chi connectivity index (χ0n) is 21.6. The highest BCUT2D eigenvalue weighted by Crippen LogP contribution is 2.27. The van der Waals surface area contributed by atoms with Gasteiger partial charge in [0.05, 0.1) is 6.61 Å². The highest BCUT2D eigenvalue weighted by atomic mass is 16.6. The molecule has 2 rings (SSSR count). The van der Waals surface area contributed by atoms with Gasteiger partial charge in [-0.3, -0.25) is 9.59 Å². The fraction of sp³-hybridized carbons (Fsp3) is 0.444. The van der Waals surface area contributed by atoms with Gasteiger partial charge in [0.25, 0.3) is 5.91 Å². The Bertz CT molecular complexity index is 1050. The number of hydrogen-bond acceptors (Lipinski definition) is 5. The van der Waals surface area contributed by atoms with Crippen molar-refractivity contribution in [2.24, 2.45) is 0 Å². The minimum atomic E-state index is -1.29. The second-order valence-electron chi connectivity index (χ2n) is 9.84. The average molecular weight is 484 g/mol. The fourth-order valence-electron chi connectivity index (χ4n) is 3.69. The molecule has 0 saturated carbocycles. The molecular weight excluding hydrogens is 446 g/mol. The molecule has 2 aromatic rings. The summed E-state index contributed by atoms with van der Waals surface area (Å²) in [6.45, 7) is 11.8. The van der Waals surface area contributed by atoms with Crippen molar-refractivity contribution in [3.8, 4) is 0 Å². The molecule has 35 heavy (non-hydrogen) atoms. The van der Waals surface area contributed by atoms with Crippen LogP contribution >= 0.6 is 0 Å². The lowest BCUT2D eigenvalue weighted by molar-refractivity contribution is -0.143. The molecule has 0 heterocycles. The molecule has 8 nitrogen and oxygen atoms in total. The summed E-state index contributed by atoms with van der Waals surface area (Å²) < 4.78 is 5.25. The number of aliphatic hydroxyl groups is 1. The third-order valence-corrected chi connectivity index (χ3v) is 5.27. The number of benzene rings is 2. The third kappa shape index (κ3) is 7.82. The first-order valence-electron chi connectivity index (χ1n) is 11.7. The van der Waals surface area contributed by atoms with Crippen molar-refractivity contribution in [2.45, 2.75) is 72.2 Å². The zero-order chi connectivity index (χ0) is 26.3. The lowest BCUT2D eigenvalue weighted by Gasteiger charge is -2.37. The average Bonchev–Trinajstić information content (AvgIpc) is 2.75. The summed E-state index contributed by atoms with van der Waals surface area (Å²) in [6.07, 6.45) is -0.829. The first kappa shape index (κ1) is 27.9. The number of aryl methyl sites for hydroxylation is 2. The first-order valence-corrected chi connectivity index (χ1v) is 11.7. The van der Waals surface area contributed by atoms with Crippen LogP contribution in [0.1, 0.15) is 57.4 Å². The molecule has 0 fully saturated rings. The number of amides is 3. The van der Waals surface area contributed by atoms with Crippen molar-refractivity contribution in [3.63, 3.8) is 0 Å². The van der Waals surface area contributed by atoms with E-state index < -0.39 is 48.2 Å². The van der Waals surface area contributed by atoms with Gasteiger partial charge in [-0.1, -0.05) is 48.0 Å². The molecule has 0 aliphatic rings. The number of aliphatic hydroxyl groups excluding tert-OH is 1. The quantitative estimate of drug-likeness (QED) is 0.524. The van der Waals surface area contributed by atoms with Crippen LogP contribution in [0.4, 0.5) is 10.5 Å². The Morgan fingerprint density at radius 2 is 1.69 bits per heavy atom. The van der Waals surface area contributed by atoms with E-state index in [-0.39, 0.29) is 0 Å². The summed E-state index contributed by atoms with van der Waals surface area (Å²) in [5.74, 6) is -0.999. The molecule has 0 spiro atoms. The normalized spacial score (nSPS) is 13.1. The number of nitrogens with one attached hydrogen (secondary N) is 2. The number of carbonyl (C=O) groups is 3. The highest BCUT2D eigenvalue weighted by molar-refractivity contribution is 5.99. The van der Waals surface area contributed by atoms with E-state index >= 15 is 0 Å². The van der Waals surface area contributed by atoms with E-state index in [1.54, 1.807) is 46.8 Å². The molecule has 3 N–H and O–H groups in total. The van der Waals surface area contributed by atoms with Crippen LogP contribution in [-0.2, 0) is 14.3 Å². The minimum Gasteiger partial charge on any atom is -0.444 e. The van der Waals surface area contributed by atoms with E-state index in [9.17, 15) is 19.5 Å². The van der Waals surface area contributed by atoms with Crippen LogP contribution in [0.5, 0.6) is 0 Å². The van der Waals surface area contributed by atoms with Gasteiger partial charge < -0.3 is 25.4 Å². The standard InChI is InChI=1S/C27H37N3O5/c1-17(2)30(25(33)22(16-31)29-26(34)35-27(5,6)7)23(20-13-10-11-18(3)15-20)24(32)28-21-14-9-8-12-19(21)4/h8-15,17,22-23,31H,16H2,1-7H3,(H,28,32)(H,29,34). The van der Waals surface area contributed by atoms with E-state index in [1.165, 1.54) is 4.90 Å². The molecule has 0 aromatic heterocycles. The molecule has 0 aliphatic carbocycles. The summed E-state index contributed by atoms with van der Waals surface area (Å²) >= 11 is 0. The summed E-state index contributed by atoms with van der Waals surface area (Å²) in [6, 6.07) is 12.0. The number of ether oxygens (including phenoxy) is 1. The minimum absolute atomic E-state index is 0.402. The monoisotopic (exact) mass is 483 g/mol. The molecule has 2 atom stereocenters. The van der Waals surface area contributed by atoms with E-state index in [4.69, 9.17) is 4.74 Å². The van der Waals surface area contributed by atoms with Gasteiger partial charge in [-0.05, 0) is 65.7 Å². The van der Waals surface area contributed by atoms with E-state index in [1.807, 2.05) is 50.2 Å². The Morgan fingerprint density at radius 1 is 1.03 bits per heavy atom. The van der Waals surface area contributed by atoms with Gasteiger partial charge in [0, 0.05) is 11.7 Å². The Balaban J connectivity index is 2.46. The van der Waals surface area contributed by atoms with Gasteiger partial charge >= 0.3 is 6.09 Å². The Kier molecular flexibility index (Phi) is 9.42. The third-order valence-electron chi connectivity index (χ3n) is 5.27. The van der Waals surface area contributed by atoms with Crippen LogP contribution in [0, 0.1) is 13.8 Å². The van der Waals surface area contributed by atoms with Crippen LogP contribution in [0.15, 0.2) is 48.5 Å². The summed E-state index contributed by atoms with van der Waals surface area (Å²) in [5, 5.41) is 15.3. The van der Waals surface area contributed by atoms with Crippen molar-refractivity contribution >= 4 is 23.6 Å². The summed E-state index contributed by atoms with van der Waals surface area (Å²) in [5.41, 5.74) is 2.29. The van der Waals surface area contributed by atoms with Crippen LogP contribution < -0.4 is 10.6 Å². The molecule has 3 amide bonds. The van der Waals surface area contributed by atoms with Crippen LogP contribution in [-0.4, -0.2) is 52.2 Å². The van der Waals surface area contributed by atoms with E-state index in [2.05, 4.69) is 10.6 Å². The van der Waals surface area contributed by atoms with Crippen molar-refractivity contribution in [2.75, 3.05) is 11.9 Å². The Labute approximate surface area is 207 Å². The largest absolute Gasteiger partial charge is 0.444 e. The lowest BCUT2D eigenvalue weighted by Crippen LogP contribution is -2.55. The number of hydrogen-bond donors (Lipinski definition) is 3. The molecule has 2 unspecified atom stereocenters. The molecule has 0 saturated heterocycles. The van der Waals surface area contributed by atoms with Gasteiger partial charge in [0.2, 0.25) is 5.91 Å². The predicted molar refractivity (Wildman–Crippen MR) is 136 cm³/mol. The van der Waals surface area contributed by atoms with Gasteiger partial charge in [-0.25, -0.2) is 4.79 Å². The first-order chi connectivity index (χ1) is 16.3. The molecule has 8 heteroatoms. The number of carbonyl (C=O) groups excluding carboxylic acids is 3. The molecule has 0 aliphatic heterocycles. The second kappa shape index (κ2) is 11.8. The Hall–Kier alpha value is -3.39. The molecule has 190 valence electrons. The van der Waals surface area contributed by atoms with Crippen molar-refractivity contribution in [1.29, 1.82) is 0 Å². The number of anilines is 1.